The highest BCUT2D eigenvalue weighted by atomic mass is 79.9. The van der Waals surface area contributed by atoms with E-state index in [-0.39, 0.29) is 24.0 Å². The third-order valence-electron chi connectivity index (χ3n) is 6.08. The average Bonchev–Trinajstić information content (AvgIpc) is 3.25. The third-order valence-corrected chi connectivity index (χ3v) is 6.75. The lowest BCUT2D eigenvalue weighted by Gasteiger charge is -2.31. The van der Waals surface area contributed by atoms with E-state index in [1.165, 1.54) is 23.1 Å². The number of amides is 2. The maximum Gasteiger partial charge on any atom is 0.251 e. The Kier molecular flexibility index (Phi) is 4.60. The monoisotopic (exact) mass is 465 g/mol. The number of nitrogens with one attached hydrogen (secondary N) is 1. The first-order chi connectivity index (χ1) is 14.4. The summed E-state index contributed by atoms with van der Waals surface area (Å²) in [6, 6.07) is 12.3. The quantitative estimate of drug-likeness (QED) is 0.471. The molecule has 2 aromatic carbocycles. The number of ketones is 1. The van der Waals surface area contributed by atoms with Crippen LogP contribution in [0.2, 0.25) is 0 Å². The van der Waals surface area contributed by atoms with Gasteiger partial charge in [-0.2, -0.15) is 0 Å². The van der Waals surface area contributed by atoms with Crippen LogP contribution in [0.3, 0.4) is 0 Å². The second-order valence-corrected chi connectivity index (χ2v) is 8.71. The number of rotatable bonds is 3. The first kappa shape index (κ1) is 19.2. The molecule has 0 saturated carbocycles. The number of carbonyl (C=O) groups is 3. The molecule has 0 spiro atoms. The maximum absolute atomic E-state index is 13.2. The number of aromatic amines is 1. The van der Waals surface area contributed by atoms with E-state index in [1.54, 1.807) is 24.3 Å². The predicted molar refractivity (Wildman–Crippen MR) is 117 cm³/mol. The molecule has 0 aliphatic carbocycles. The number of hydrogen-bond acceptors (Lipinski definition) is 4. The summed E-state index contributed by atoms with van der Waals surface area (Å²) in [5.74, 6) is -0.443. The van der Waals surface area contributed by atoms with Gasteiger partial charge in [-0.05, 0) is 58.7 Å². The summed E-state index contributed by atoms with van der Waals surface area (Å²) in [7, 11) is 0. The van der Waals surface area contributed by atoms with Gasteiger partial charge in [-0.25, -0.2) is 4.90 Å². The molecular formula is C23H20BrN3O3. The molecule has 1 atom stereocenters. The summed E-state index contributed by atoms with van der Waals surface area (Å²) in [6.45, 7) is 2.84. The molecule has 2 aliphatic rings. The number of anilines is 1. The van der Waals surface area contributed by atoms with Crippen LogP contribution in [0.5, 0.6) is 0 Å². The SMILES string of the molecule is CC(=O)c1ccc(N2C(=O)C[C@@H](N3CCc4[nH]c5c(Br)cccc5c4C3)C2=O)cc1. The van der Waals surface area contributed by atoms with Crippen molar-refractivity contribution in [1.82, 2.24) is 9.88 Å². The van der Waals surface area contributed by atoms with Gasteiger partial charge in [0, 0.05) is 40.6 Å². The number of imide groups is 1. The highest BCUT2D eigenvalue weighted by Gasteiger charge is 2.43. The zero-order valence-corrected chi connectivity index (χ0v) is 18.0. The summed E-state index contributed by atoms with van der Waals surface area (Å²) in [6.07, 6.45) is 0.983. The van der Waals surface area contributed by atoms with Crippen molar-refractivity contribution in [1.29, 1.82) is 0 Å². The fourth-order valence-electron chi connectivity index (χ4n) is 4.51. The summed E-state index contributed by atoms with van der Waals surface area (Å²) >= 11 is 3.60. The molecule has 152 valence electrons. The van der Waals surface area contributed by atoms with Gasteiger partial charge in [-0.3, -0.25) is 19.3 Å². The van der Waals surface area contributed by atoms with Crippen molar-refractivity contribution < 1.29 is 14.4 Å². The van der Waals surface area contributed by atoms with Gasteiger partial charge < -0.3 is 4.98 Å². The summed E-state index contributed by atoms with van der Waals surface area (Å²) in [5, 5.41) is 1.15. The molecule has 1 fully saturated rings. The topological polar surface area (TPSA) is 73.5 Å². The Balaban J connectivity index is 1.41. The smallest absolute Gasteiger partial charge is 0.251 e. The Morgan fingerprint density at radius 1 is 1.13 bits per heavy atom. The molecule has 7 heteroatoms. The molecular weight excluding hydrogens is 446 g/mol. The highest BCUT2D eigenvalue weighted by Crippen LogP contribution is 2.34. The molecule has 1 aromatic heterocycles. The standard InChI is InChI=1S/C23H20BrN3O3/c1-13(28)14-5-7-15(8-6-14)27-21(29)11-20(23(27)30)26-10-9-19-17(12-26)16-3-2-4-18(24)22(16)25-19/h2-8,20,25H,9-12H2,1H3/t20-/m1/s1. The molecule has 1 N–H and O–H groups in total. The van der Waals surface area contributed by atoms with Gasteiger partial charge in [-0.15, -0.1) is 0 Å². The minimum atomic E-state index is -0.463. The first-order valence-corrected chi connectivity index (χ1v) is 10.7. The number of benzene rings is 2. The number of halogens is 1. The molecule has 30 heavy (non-hydrogen) atoms. The van der Waals surface area contributed by atoms with E-state index in [9.17, 15) is 14.4 Å². The van der Waals surface area contributed by atoms with E-state index in [1.807, 2.05) is 12.1 Å². The number of aromatic nitrogens is 1. The lowest BCUT2D eigenvalue weighted by Crippen LogP contribution is -2.44. The van der Waals surface area contributed by atoms with Crippen molar-refractivity contribution in [3.05, 3.63) is 63.8 Å². The van der Waals surface area contributed by atoms with Crippen LogP contribution in [0.4, 0.5) is 5.69 Å². The molecule has 2 amide bonds. The van der Waals surface area contributed by atoms with Gasteiger partial charge in [0.25, 0.3) is 5.91 Å². The van der Waals surface area contributed by atoms with Crippen molar-refractivity contribution in [2.24, 2.45) is 0 Å². The molecule has 2 aliphatic heterocycles. The Hall–Kier alpha value is -2.77. The van der Waals surface area contributed by atoms with E-state index in [0.29, 0.717) is 17.8 Å². The molecule has 3 aromatic rings. The second-order valence-electron chi connectivity index (χ2n) is 7.86. The third kappa shape index (κ3) is 3.00. The molecule has 6 nitrogen and oxygen atoms in total. The van der Waals surface area contributed by atoms with Gasteiger partial charge >= 0.3 is 0 Å². The highest BCUT2D eigenvalue weighted by molar-refractivity contribution is 9.10. The van der Waals surface area contributed by atoms with E-state index < -0.39 is 6.04 Å². The molecule has 3 heterocycles. The average molecular weight is 466 g/mol. The summed E-state index contributed by atoms with van der Waals surface area (Å²) < 4.78 is 1.02. The number of Topliss-reactive ketones (excluding diaryl/α,β-unsaturated/α-hetero) is 1. The maximum atomic E-state index is 13.2. The van der Waals surface area contributed by atoms with Crippen LogP contribution in [0.1, 0.15) is 35.0 Å². The Morgan fingerprint density at radius 3 is 2.63 bits per heavy atom. The number of hydrogen-bond donors (Lipinski definition) is 1. The Bertz CT molecular complexity index is 1200. The fraction of sp³-hybridized carbons (Fsp3) is 0.261. The zero-order valence-electron chi connectivity index (χ0n) is 16.4. The van der Waals surface area contributed by atoms with Crippen molar-refractivity contribution in [3.8, 4) is 0 Å². The van der Waals surface area contributed by atoms with Gasteiger partial charge in [0.2, 0.25) is 5.91 Å². The van der Waals surface area contributed by atoms with Crippen LogP contribution >= 0.6 is 15.9 Å². The van der Waals surface area contributed by atoms with E-state index in [4.69, 9.17) is 0 Å². The number of H-pyrrole nitrogens is 1. The zero-order chi connectivity index (χ0) is 21.0. The van der Waals surface area contributed by atoms with Crippen LogP contribution in [-0.2, 0) is 22.6 Å². The number of nitrogens with zero attached hydrogens (tertiary/aromatic N) is 2. The Labute approximate surface area is 182 Å². The van der Waals surface area contributed by atoms with Crippen molar-refractivity contribution in [2.45, 2.75) is 32.4 Å². The molecule has 0 radical (unpaired) electrons. The van der Waals surface area contributed by atoms with Crippen molar-refractivity contribution in [2.75, 3.05) is 11.4 Å². The van der Waals surface area contributed by atoms with Gasteiger partial charge in [0.05, 0.1) is 23.7 Å². The lowest BCUT2D eigenvalue weighted by atomic mass is 10.0. The van der Waals surface area contributed by atoms with Crippen LogP contribution in [0.25, 0.3) is 10.9 Å². The van der Waals surface area contributed by atoms with Crippen LogP contribution < -0.4 is 4.90 Å². The summed E-state index contributed by atoms with van der Waals surface area (Å²) in [4.78, 5) is 44.3. The number of fused-ring (bicyclic) bond motifs is 3. The first-order valence-electron chi connectivity index (χ1n) is 9.94. The minimum Gasteiger partial charge on any atom is -0.357 e. The number of carbonyl (C=O) groups excluding carboxylic acids is 3. The normalized spacial score (nSPS) is 19.5. The van der Waals surface area contributed by atoms with E-state index in [2.05, 4.69) is 31.9 Å². The van der Waals surface area contributed by atoms with Gasteiger partial charge in [0.15, 0.2) is 5.78 Å². The molecule has 1 saturated heterocycles. The molecule has 0 bridgehead atoms. The fourth-order valence-corrected chi connectivity index (χ4v) is 4.97. The summed E-state index contributed by atoms with van der Waals surface area (Å²) in [5.41, 5.74) is 4.55. The van der Waals surface area contributed by atoms with Crippen molar-refractivity contribution >= 4 is 50.1 Å². The van der Waals surface area contributed by atoms with Crippen molar-refractivity contribution in [3.63, 3.8) is 0 Å². The van der Waals surface area contributed by atoms with Crippen LogP contribution in [0.15, 0.2) is 46.9 Å². The van der Waals surface area contributed by atoms with Gasteiger partial charge in [0.1, 0.15) is 0 Å². The van der Waals surface area contributed by atoms with Gasteiger partial charge in [-0.1, -0.05) is 12.1 Å². The lowest BCUT2D eigenvalue weighted by molar-refractivity contribution is -0.123. The van der Waals surface area contributed by atoms with Crippen LogP contribution in [-0.4, -0.2) is 40.1 Å². The molecule has 5 rings (SSSR count). The molecule has 0 unspecified atom stereocenters. The minimum absolute atomic E-state index is 0.0482. The second kappa shape index (κ2) is 7.18. The van der Waals surface area contributed by atoms with E-state index in [0.717, 1.165) is 28.3 Å². The number of para-hydroxylation sites is 1. The predicted octanol–water partition coefficient (Wildman–Crippen LogP) is 3.82. The van der Waals surface area contributed by atoms with Crippen LogP contribution in [0, 0.1) is 0 Å². The largest absolute Gasteiger partial charge is 0.357 e. The Morgan fingerprint density at radius 2 is 1.90 bits per heavy atom. The van der Waals surface area contributed by atoms with E-state index >= 15 is 0 Å².